The number of fused-ring (bicyclic) bond motifs is 1. The highest BCUT2D eigenvalue weighted by Gasteiger charge is 2.31. The highest BCUT2D eigenvalue weighted by Crippen LogP contribution is 2.29. The van der Waals surface area contributed by atoms with Gasteiger partial charge >= 0.3 is 6.03 Å². The molecule has 34 heavy (non-hydrogen) atoms. The van der Waals surface area contributed by atoms with Gasteiger partial charge in [0, 0.05) is 48.1 Å². The molecule has 7 nitrogen and oxygen atoms in total. The third kappa shape index (κ3) is 4.40. The van der Waals surface area contributed by atoms with Gasteiger partial charge in [-0.2, -0.15) is 5.10 Å². The minimum atomic E-state index is -0.165. The van der Waals surface area contributed by atoms with Crippen LogP contribution >= 0.6 is 11.6 Å². The van der Waals surface area contributed by atoms with Crippen molar-refractivity contribution in [1.29, 1.82) is 0 Å². The van der Waals surface area contributed by atoms with Crippen molar-refractivity contribution in [2.75, 3.05) is 31.5 Å². The van der Waals surface area contributed by atoms with E-state index in [1.54, 1.807) is 29.2 Å². The van der Waals surface area contributed by atoms with Crippen molar-refractivity contribution in [2.45, 2.75) is 32.6 Å². The average molecular weight is 478 g/mol. The monoisotopic (exact) mass is 477 g/mol. The summed E-state index contributed by atoms with van der Waals surface area (Å²) in [5, 5.41) is 8.34. The molecule has 8 heteroatoms. The molecular weight excluding hydrogens is 450 g/mol. The topological polar surface area (TPSA) is 70.5 Å². The van der Waals surface area contributed by atoms with Crippen LogP contribution in [0.2, 0.25) is 5.02 Å². The van der Waals surface area contributed by atoms with Gasteiger partial charge in [0.05, 0.1) is 5.69 Å². The molecule has 2 heterocycles. The lowest BCUT2D eigenvalue weighted by Gasteiger charge is -2.22. The fraction of sp³-hybridized carbons (Fsp3) is 0.346. The van der Waals surface area contributed by atoms with Gasteiger partial charge < -0.3 is 15.1 Å². The van der Waals surface area contributed by atoms with Crippen LogP contribution in [0.5, 0.6) is 0 Å². The Morgan fingerprint density at radius 1 is 0.912 bits per heavy atom. The number of halogens is 1. The lowest BCUT2D eigenvalue weighted by Crippen LogP contribution is -2.39. The van der Waals surface area contributed by atoms with E-state index >= 15 is 0 Å². The van der Waals surface area contributed by atoms with Crippen LogP contribution < -0.4 is 5.32 Å². The van der Waals surface area contributed by atoms with E-state index < -0.39 is 0 Å². The number of carbonyl (C=O) groups is 2. The first-order valence-electron chi connectivity index (χ1n) is 11.8. The van der Waals surface area contributed by atoms with E-state index in [1.165, 1.54) is 0 Å². The Morgan fingerprint density at radius 2 is 1.65 bits per heavy atom. The first-order chi connectivity index (χ1) is 16.5. The first kappa shape index (κ1) is 22.5. The maximum absolute atomic E-state index is 13.6. The van der Waals surface area contributed by atoms with Crippen molar-refractivity contribution in [2.24, 2.45) is 0 Å². The minimum Gasteiger partial charge on any atom is -0.335 e. The largest absolute Gasteiger partial charge is 0.335 e. The molecule has 0 radical (unpaired) electrons. The van der Waals surface area contributed by atoms with Gasteiger partial charge in [-0.1, -0.05) is 29.8 Å². The van der Waals surface area contributed by atoms with Crippen molar-refractivity contribution in [1.82, 2.24) is 19.6 Å². The number of hydrogen-bond donors (Lipinski definition) is 1. The quantitative estimate of drug-likeness (QED) is 0.594. The van der Waals surface area contributed by atoms with Gasteiger partial charge in [-0.05, 0) is 68.5 Å². The molecule has 0 bridgehead atoms. The Morgan fingerprint density at radius 3 is 2.44 bits per heavy atom. The maximum Gasteiger partial charge on any atom is 0.321 e. The molecule has 1 aliphatic carbocycles. The molecule has 3 amide bonds. The first-order valence-corrected chi connectivity index (χ1v) is 12.2. The van der Waals surface area contributed by atoms with Gasteiger partial charge in [0.1, 0.15) is 0 Å². The average Bonchev–Trinajstić information content (AvgIpc) is 3.35. The van der Waals surface area contributed by atoms with Crippen LogP contribution in [0, 0.1) is 6.92 Å². The molecular formula is C26H28ClN5O2. The molecule has 0 spiro atoms. The van der Waals surface area contributed by atoms with Crippen molar-refractivity contribution in [3.05, 3.63) is 76.1 Å². The fourth-order valence-corrected chi connectivity index (χ4v) is 4.94. The third-order valence-corrected chi connectivity index (χ3v) is 6.89. The van der Waals surface area contributed by atoms with Crippen LogP contribution in [0.15, 0.2) is 48.5 Å². The second kappa shape index (κ2) is 9.50. The van der Waals surface area contributed by atoms with E-state index in [0.29, 0.717) is 42.6 Å². The lowest BCUT2D eigenvalue weighted by atomic mass is 10.1. The Kier molecular flexibility index (Phi) is 6.28. The number of anilines is 1. The fourth-order valence-electron chi connectivity index (χ4n) is 4.82. The number of nitrogens with one attached hydrogen (secondary N) is 1. The second-order valence-electron chi connectivity index (χ2n) is 8.90. The third-order valence-electron chi connectivity index (χ3n) is 6.64. The van der Waals surface area contributed by atoms with Crippen molar-refractivity contribution < 1.29 is 9.59 Å². The van der Waals surface area contributed by atoms with E-state index in [1.807, 2.05) is 21.7 Å². The Hall–Kier alpha value is -3.32. The zero-order chi connectivity index (χ0) is 23.7. The molecule has 1 N–H and O–H groups in total. The van der Waals surface area contributed by atoms with E-state index in [2.05, 4.69) is 24.4 Å². The summed E-state index contributed by atoms with van der Waals surface area (Å²) >= 11 is 5.93. The number of nitrogens with zero attached hydrogens (tertiary/aromatic N) is 4. The lowest BCUT2D eigenvalue weighted by molar-refractivity contribution is 0.0755. The van der Waals surface area contributed by atoms with Gasteiger partial charge in [-0.25, -0.2) is 9.48 Å². The van der Waals surface area contributed by atoms with Crippen molar-refractivity contribution in [3.8, 4) is 5.69 Å². The predicted octanol–water partition coefficient (Wildman–Crippen LogP) is 4.70. The molecule has 0 atom stereocenters. The second-order valence-corrected chi connectivity index (χ2v) is 9.33. The molecule has 1 fully saturated rings. The summed E-state index contributed by atoms with van der Waals surface area (Å²) in [5.74, 6) is -0.0366. The molecule has 1 saturated heterocycles. The summed E-state index contributed by atoms with van der Waals surface area (Å²) < 4.78 is 1.97. The molecule has 3 aromatic rings. The zero-order valence-corrected chi connectivity index (χ0v) is 20.0. The smallest absolute Gasteiger partial charge is 0.321 e. The number of urea groups is 1. The molecule has 2 aromatic carbocycles. The van der Waals surface area contributed by atoms with E-state index in [-0.39, 0.29) is 11.9 Å². The van der Waals surface area contributed by atoms with Gasteiger partial charge in [-0.3, -0.25) is 4.79 Å². The summed E-state index contributed by atoms with van der Waals surface area (Å²) in [6.07, 6.45) is 3.58. The Labute approximate surface area is 204 Å². The van der Waals surface area contributed by atoms with Gasteiger partial charge in [-0.15, -0.1) is 0 Å². The van der Waals surface area contributed by atoms with Gasteiger partial charge in [0.2, 0.25) is 0 Å². The van der Waals surface area contributed by atoms with Crippen LogP contribution in [-0.4, -0.2) is 57.7 Å². The zero-order valence-electron chi connectivity index (χ0n) is 19.3. The van der Waals surface area contributed by atoms with Crippen molar-refractivity contribution in [3.63, 3.8) is 0 Å². The standard InChI is InChI=1S/C26H28ClN5O2/c1-18-6-2-3-8-22(18)32-23-9-4-7-21(23)24(29-32)25(33)30-14-5-15-31(17-16-30)26(34)28-20-12-10-19(27)11-13-20/h2-3,6,8,10-13H,4-5,7,9,14-17H2,1H3,(H,28,34). The number of hydrogen-bond acceptors (Lipinski definition) is 3. The van der Waals surface area contributed by atoms with Gasteiger partial charge in [0.25, 0.3) is 5.91 Å². The molecule has 1 aliphatic heterocycles. The van der Waals surface area contributed by atoms with E-state index in [0.717, 1.165) is 48.2 Å². The number of amides is 3. The van der Waals surface area contributed by atoms with Gasteiger partial charge in [0.15, 0.2) is 5.69 Å². The summed E-state index contributed by atoms with van der Waals surface area (Å²) in [4.78, 5) is 29.9. The van der Waals surface area contributed by atoms with Crippen LogP contribution in [0.4, 0.5) is 10.5 Å². The molecule has 176 valence electrons. The van der Waals surface area contributed by atoms with Crippen LogP contribution in [-0.2, 0) is 12.8 Å². The normalized spacial score (nSPS) is 15.7. The highest BCUT2D eigenvalue weighted by molar-refractivity contribution is 6.30. The van der Waals surface area contributed by atoms with Crippen LogP contribution in [0.3, 0.4) is 0 Å². The van der Waals surface area contributed by atoms with Crippen LogP contribution in [0.25, 0.3) is 5.69 Å². The van der Waals surface area contributed by atoms with E-state index in [9.17, 15) is 9.59 Å². The molecule has 1 aromatic heterocycles. The highest BCUT2D eigenvalue weighted by atomic mass is 35.5. The van der Waals surface area contributed by atoms with Crippen LogP contribution in [0.1, 0.15) is 40.2 Å². The maximum atomic E-state index is 13.6. The number of carbonyl (C=O) groups excluding carboxylic acids is 2. The summed E-state index contributed by atoms with van der Waals surface area (Å²) in [6.45, 7) is 4.23. The molecule has 0 unspecified atom stereocenters. The molecule has 0 saturated carbocycles. The minimum absolute atomic E-state index is 0.0366. The van der Waals surface area contributed by atoms with E-state index in [4.69, 9.17) is 16.7 Å². The molecule has 2 aliphatic rings. The number of para-hydroxylation sites is 1. The summed E-state index contributed by atoms with van der Waals surface area (Å²) in [5.41, 5.74) is 5.65. The summed E-state index contributed by atoms with van der Waals surface area (Å²) in [7, 11) is 0. The predicted molar refractivity (Wildman–Crippen MR) is 133 cm³/mol. The number of rotatable bonds is 3. The van der Waals surface area contributed by atoms with Crippen molar-refractivity contribution >= 4 is 29.2 Å². The number of aromatic nitrogens is 2. The SMILES string of the molecule is Cc1ccccc1-n1nc(C(=O)N2CCCN(C(=O)Nc3ccc(Cl)cc3)CC2)c2c1CCC2. The number of benzene rings is 2. The Bertz CT molecular complexity index is 1220. The Balaban J connectivity index is 1.30. The number of aryl methyl sites for hydroxylation is 1. The summed E-state index contributed by atoms with van der Waals surface area (Å²) in [6, 6.07) is 15.0. The molecule has 5 rings (SSSR count).